The second kappa shape index (κ2) is 4.23. The first-order valence-corrected chi connectivity index (χ1v) is 6.15. The third-order valence-corrected chi connectivity index (χ3v) is 4.42. The summed E-state index contributed by atoms with van der Waals surface area (Å²) in [5, 5.41) is 0.925. The molecule has 1 aromatic carbocycles. The topological polar surface area (TPSA) is 0 Å². The summed E-state index contributed by atoms with van der Waals surface area (Å²) in [4.78, 5) is 0. The van der Waals surface area contributed by atoms with Crippen LogP contribution in [0.5, 0.6) is 0 Å². The molecule has 0 N–H and O–H groups in total. The zero-order valence-corrected chi connectivity index (χ0v) is 11.3. The zero-order chi connectivity index (χ0) is 8.43. The van der Waals surface area contributed by atoms with E-state index in [-0.39, 0.29) is 0 Å². The summed E-state index contributed by atoms with van der Waals surface area (Å²) in [6, 6.07) is 4.34. The molecule has 1 rings (SSSR count). The van der Waals surface area contributed by atoms with Crippen LogP contribution in [0.2, 0.25) is 0 Å². The first-order valence-electron chi connectivity index (χ1n) is 3.15. The Kier molecular flexibility index (Phi) is 3.85. The van der Waals surface area contributed by atoms with Gasteiger partial charge in [-0.1, -0.05) is 15.9 Å². The second-order valence-corrected chi connectivity index (χ2v) is 4.90. The first kappa shape index (κ1) is 9.99. The Balaban J connectivity index is 3.21. The third kappa shape index (κ3) is 2.42. The van der Waals surface area contributed by atoms with Crippen molar-refractivity contribution < 1.29 is 0 Å². The van der Waals surface area contributed by atoms with E-state index in [1.54, 1.807) is 0 Å². The van der Waals surface area contributed by atoms with Crippen LogP contribution in [-0.2, 0) is 5.33 Å². The van der Waals surface area contributed by atoms with Gasteiger partial charge in [0.2, 0.25) is 0 Å². The predicted octanol–water partition coefficient (Wildman–Crippen LogP) is 4.26. The maximum atomic E-state index is 3.49. The Morgan fingerprint density at radius 1 is 1.45 bits per heavy atom. The molecule has 0 fully saturated rings. The van der Waals surface area contributed by atoms with Crippen molar-refractivity contribution in [2.45, 2.75) is 12.3 Å². The molecule has 0 unspecified atom stereocenters. The lowest BCUT2D eigenvalue weighted by molar-refractivity contribution is 1.30. The highest BCUT2D eigenvalue weighted by atomic mass is 127. The van der Waals surface area contributed by atoms with Gasteiger partial charge in [0.1, 0.15) is 0 Å². The molecule has 0 aromatic heterocycles. The van der Waals surface area contributed by atoms with Crippen LogP contribution in [-0.4, -0.2) is 0 Å². The summed E-state index contributed by atoms with van der Waals surface area (Å²) in [5.41, 5.74) is 2.69. The van der Waals surface area contributed by atoms with Crippen molar-refractivity contribution in [3.05, 3.63) is 31.3 Å². The van der Waals surface area contributed by atoms with E-state index in [9.17, 15) is 0 Å². The number of aryl methyl sites for hydroxylation is 1. The molecule has 0 bridgehead atoms. The van der Waals surface area contributed by atoms with E-state index in [0.29, 0.717) is 0 Å². The van der Waals surface area contributed by atoms with E-state index in [1.165, 1.54) is 19.2 Å². The van der Waals surface area contributed by atoms with Gasteiger partial charge in [0, 0.05) is 13.4 Å². The minimum absolute atomic E-state index is 0.925. The first-order chi connectivity index (χ1) is 5.15. The van der Waals surface area contributed by atoms with Crippen LogP contribution in [0.4, 0.5) is 0 Å². The lowest BCUT2D eigenvalue weighted by atomic mass is 10.1. The fourth-order valence-electron chi connectivity index (χ4n) is 0.831. The van der Waals surface area contributed by atoms with Gasteiger partial charge in [-0.05, 0) is 68.7 Å². The smallest absolute Gasteiger partial charge is 0.0312 e. The molecule has 0 spiro atoms. The maximum Gasteiger partial charge on any atom is 0.0312 e. The molecule has 11 heavy (non-hydrogen) atoms. The molecule has 0 aliphatic carbocycles. The van der Waals surface area contributed by atoms with E-state index in [1.807, 2.05) is 0 Å². The molecule has 60 valence electrons. The molecular formula is C8H7Br2I. The second-order valence-electron chi connectivity index (χ2n) is 2.33. The van der Waals surface area contributed by atoms with Gasteiger partial charge in [-0.2, -0.15) is 0 Å². The summed E-state index contributed by atoms with van der Waals surface area (Å²) in [5.74, 6) is 0. The SMILES string of the molecule is Cc1cc(I)c(Br)cc1CBr. The van der Waals surface area contributed by atoms with Crippen molar-refractivity contribution >= 4 is 54.5 Å². The molecule has 0 radical (unpaired) electrons. The molecule has 0 amide bonds. The van der Waals surface area contributed by atoms with Crippen molar-refractivity contribution in [1.29, 1.82) is 0 Å². The molecule has 0 atom stereocenters. The van der Waals surface area contributed by atoms with Gasteiger partial charge >= 0.3 is 0 Å². The molecule has 0 saturated carbocycles. The summed E-state index contributed by atoms with van der Waals surface area (Å²) >= 11 is 9.26. The average molecular weight is 390 g/mol. The molecule has 3 heteroatoms. The maximum absolute atomic E-state index is 3.49. The van der Waals surface area contributed by atoms with Crippen LogP contribution in [0.25, 0.3) is 0 Å². The number of hydrogen-bond acceptors (Lipinski definition) is 0. The number of halogens is 3. The van der Waals surface area contributed by atoms with E-state index in [4.69, 9.17) is 0 Å². The van der Waals surface area contributed by atoms with Crippen molar-refractivity contribution in [2.24, 2.45) is 0 Å². The van der Waals surface area contributed by atoms with Crippen molar-refractivity contribution in [2.75, 3.05) is 0 Å². The molecule has 0 saturated heterocycles. The van der Waals surface area contributed by atoms with Gasteiger partial charge in [-0.3, -0.25) is 0 Å². The molecule has 0 heterocycles. The summed E-state index contributed by atoms with van der Waals surface area (Å²) in [6.45, 7) is 2.13. The van der Waals surface area contributed by atoms with E-state index in [2.05, 4.69) is 73.5 Å². The van der Waals surface area contributed by atoms with Gasteiger partial charge in [-0.15, -0.1) is 0 Å². The Morgan fingerprint density at radius 2 is 2.09 bits per heavy atom. The zero-order valence-electron chi connectivity index (χ0n) is 6.00. The minimum Gasteiger partial charge on any atom is -0.0876 e. The fraction of sp³-hybridized carbons (Fsp3) is 0.250. The summed E-state index contributed by atoms with van der Waals surface area (Å²) < 4.78 is 2.45. The molecular weight excluding hydrogens is 383 g/mol. The number of alkyl halides is 1. The Labute approximate surface area is 97.2 Å². The van der Waals surface area contributed by atoms with E-state index < -0.39 is 0 Å². The van der Waals surface area contributed by atoms with E-state index >= 15 is 0 Å². The van der Waals surface area contributed by atoms with Crippen molar-refractivity contribution in [1.82, 2.24) is 0 Å². The lowest BCUT2D eigenvalue weighted by Crippen LogP contribution is -1.86. The van der Waals surface area contributed by atoms with Crippen LogP contribution in [0, 0.1) is 10.5 Å². The largest absolute Gasteiger partial charge is 0.0876 e. The Morgan fingerprint density at radius 3 is 2.64 bits per heavy atom. The van der Waals surface area contributed by atoms with Crippen molar-refractivity contribution in [3.63, 3.8) is 0 Å². The average Bonchev–Trinajstić information content (AvgIpc) is 1.97. The molecule has 0 nitrogen and oxygen atoms in total. The highest BCUT2D eigenvalue weighted by molar-refractivity contribution is 14.1. The lowest BCUT2D eigenvalue weighted by Gasteiger charge is -2.04. The standard InChI is InChI=1S/C8H7Br2I/c1-5-2-8(11)7(10)3-6(5)4-9/h2-3H,4H2,1H3. The number of hydrogen-bond donors (Lipinski definition) is 0. The van der Waals surface area contributed by atoms with Crippen LogP contribution < -0.4 is 0 Å². The van der Waals surface area contributed by atoms with Gasteiger partial charge in [-0.25, -0.2) is 0 Å². The molecule has 0 aliphatic rings. The highest BCUT2D eigenvalue weighted by Crippen LogP contribution is 2.24. The Hall–Kier alpha value is 0.910. The van der Waals surface area contributed by atoms with Crippen LogP contribution in [0.3, 0.4) is 0 Å². The quantitative estimate of drug-likeness (QED) is 0.497. The van der Waals surface area contributed by atoms with Crippen LogP contribution in [0.15, 0.2) is 16.6 Å². The van der Waals surface area contributed by atoms with E-state index in [0.717, 1.165) is 5.33 Å². The van der Waals surface area contributed by atoms with Gasteiger partial charge in [0.05, 0.1) is 0 Å². The normalized spacial score (nSPS) is 10.2. The summed E-state index contributed by atoms with van der Waals surface area (Å²) in [6.07, 6.45) is 0. The fourth-order valence-corrected chi connectivity index (χ4v) is 2.45. The highest BCUT2D eigenvalue weighted by Gasteiger charge is 2.01. The Bertz CT molecular complexity index is 271. The van der Waals surface area contributed by atoms with Gasteiger partial charge in [0.25, 0.3) is 0 Å². The van der Waals surface area contributed by atoms with Crippen LogP contribution >= 0.6 is 54.5 Å². The van der Waals surface area contributed by atoms with Crippen LogP contribution in [0.1, 0.15) is 11.1 Å². The monoisotopic (exact) mass is 388 g/mol. The number of rotatable bonds is 1. The minimum atomic E-state index is 0.925. The summed E-state index contributed by atoms with van der Waals surface area (Å²) in [7, 11) is 0. The molecule has 0 aliphatic heterocycles. The van der Waals surface area contributed by atoms with Gasteiger partial charge < -0.3 is 0 Å². The third-order valence-electron chi connectivity index (χ3n) is 1.52. The van der Waals surface area contributed by atoms with Crippen molar-refractivity contribution in [3.8, 4) is 0 Å². The predicted molar refractivity (Wildman–Crippen MR) is 64.2 cm³/mol. The van der Waals surface area contributed by atoms with Gasteiger partial charge in [0.15, 0.2) is 0 Å². The number of benzene rings is 1. The molecule has 1 aromatic rings.